The van der Waals surface area contributed by atoms with E-state index in [-0.39, 0.29) is 0 Å². The first-order chi connectivity index (χ1) is 10.9. The maximum Gasteiger partial charge on any atom is 0.314 e. The fourth-order valence-corrected chi connectivity index (χ4v) is 2.27. The van der Waals surface area contributed by atoms with Gasteiger partial charge < -0.3 is 10.6 Å². The summed E-state index contributed by atoms with van der Waals surface area (Å²) in [6.45, 7) is 8.08. The molecule has 0 aromatic heterocycles. The van der Waals surface area contributed by atoms with Gasteiger partial charge in [0.15, 0.2) is 0 Å². The molecule has 0 unspecified atom stereocenters. The number of carbonyl (C=O) groups excluding carboxylic acids is 2. The van der Waals surface area contributed by atoms with Crippen molar-refractivity contribution in [3.8, 4) is 0 Å². The van der Waals surface area contributed by atoms with Crippen LogP contribution in [0.5, 0.6) is 0 Å². The van der Waals surface area contributed by atoms with Crippen LogP contribution in [0, 0.1) is 13.8 Å². The zero-order valence-electron chi connectivity index (χ0n) is 13.9. The highest BCUT2D eigenvalue weighted by molar-refractivity contribution is 6.43. The predicted molar refractivity (Wildman–Crippen MR) is 93.7 cm³/mol. The Morgan fingerprint density at radius 3 is 2.04 bits per heavy atom. The molecule has 0 atom stereocenters. The summed E-state index contributed by atoms with van der Waals surface area (Å²) in [6.07, 6.45) is 0. The molecular weight excluding hydrogens is 288 g/mol. The molecule has 120 valence electrons. The van der Waals surface area contributed by atoms with Gasteiger partial charge in [0.25, 0.3) is 0 Å². The fraction of sp³-hybridized carbons (Fsp3) is 0.263. The molecule has 2 aromatic carbocycles. The standard InChI is InChI=1S/C19H22N2O2/c1-12(2)15-6-8-16(9-7-15)20-18(22)19(23)21-17-10-5-13(3)11-14(17)4/h5-12H,1-4H3,(H,20,22)(H,21,23). The van der Waals surface area contributed by atoms with Crippen molar-refractivity contribution in [2.24, 2.45) is 0 Å². The van der Waals surface area contributed by atoms with Crippen LogP contribution in [-0.2, 0) is 9.59 Å². The highest BCUT2D eigenvalue weighted by atomic mass is 16.2. The third kappa shape index (κ3) is 4.42. The molecule has 2 amide bonds. The molecule has 23 heavy (non-hydrogen) atoms. The van der Waals surface area contributed by atoms with Gasteiger partial charge in [-0.2, -0.15) is 0 Å². The van der Waals surface area contributed by atoms with E-state index in [1.165, 1.54) is 5.56 Å². The van der Waals surface area contributed by atoms with Crippen LogP contribution in [0.1, 0.15) is 36.5 Å². The van der Waals surface area contributed by atoms with E-state index < -0.39 is 11.8 Å². The number of nitrogens with one attached hydrogen (secondary N) is 2. The summed E-state index contributed by atoms with van der Waals surface area (Å²) < 4.78 is 0. The second-order valence-corrected chi connectivity index (χ2v) is 6.00. The van der Waals surface area contributed by atoms with Crippen molar-refractivity contribution in [3.05, 3.63) is 59.2 Å². The monoisotopic (exact) mass is 310 g/mol. The smallest absolute Gasteiger partial charge is 0.314 e. The van der Waals surface area contributed by atoms with E-state index in [0.717, 1.165) is 11.1 Å². The maximum absolute atomic E-state index is 12.0. The van der Waals surface area contributed by atoms with E-state index >= 15 is 0 Å². The molecule has 2 aromatic rings. The van der Waals surface area contributed by atoms with E-state index in [0.29, 0.717) is 17.3 Å². The first-order valence-electron chi connectivity index (χ1n) is 7.66. The lowest BCUT2D eigenvalue weighted by Gasteiger charge is -2.10. The summed E-state index contributed by atoms with van der Waals surface area (Å²) in [5.74, 6) is -0.931. The van der Waals surface area contributed by atoms with Crippen molar-refractivity contribution in [3.63, 3.8) is 0 Å². The first kappa shape index (κ1) is 16.7. The molecule has 2 rings (SSSR count). The minimum absolute atomic E-state index is 0.424. The van der Waals surface area contributed by atoms with Crippen LogP contribution in [0.2, 0.25) is 0 Å². The Morgan fingerprint density at radius 1 is 0.870 bits per heavy atom. The Kier molecular flexibility index (Phi) is 5.16. The SMILES string of the molecule is Cc1ccc(NC(=O)C(=O)Nc2ccc(C(C)C)cc2)c(C)c1. The van der Waals surface area contributed by atoms with E-state index in [9.17, 15) is 9.59 Å². The Morgan fingerprint density at radius 2 is 1.48 bits per heavy atom. The Labute approximate surface area is 136 Å². The van der Waals surface area contributed by atoms with Crippen molar-refractivity contribution in [1.29, 1.82) is 0 Å². The summed E-state index contributed by atoms with van der Waals surface area (Å²) >= 11 is 0. The topological polar surface area (TPSA) is 58.2 Å². The first-order valence-corrected chi connectivity index (χ1v) is 7.66. The molecule has 0 heterocycles. The third-order valence-electron chi connectivity index (χ3n) is 3.67. The third-order valence-corrected chi connectivity index (χ3v) is 3.67. The number of rotatable bonds is 3. The van der Waals surface area contributed by atoms with E-state index in [2.05, 4.69) is 24.5 Å². The van der Waals surface area contributed by atoms with Gasteiger partial charge in [-0.1, -0.05) is 43.7 Å². The molecule has 4 heteroatoms. The summed E-state index contributed by atoms with van der Waals surface area (Å²) in [5.41, 5.74) is 4.46. The minimum Gasteiger partial charge on any atom is -0.318 e. The molecule has 0 aliphatic heterocycles. The molecule has 0 spiro atoms. The molecule has 0 aliphatic rings. The zero-order valence-corrected chi connectivity index (χ0v) is 13.9. The van der Waals surface area contributed by atoms with Gasteiger partial charge in [-0.05, 0) is 49.1 Å². The van der Waals surface area contributed by atoms with Gasteiger partial charge in [-0.3, -0.25) is 9.59 Å². The summed E-state index contributed by atoms with van der Waals surface area (Å²) in [5, 5.41) is 5.24. The largest absolute Gasteiger partial charge is 0.318 e. The normalized spacial score (nSPS) is 10.5. The van der Waals surface area contributed by atoms with E-state index in [1.807, 2.05) is 38.1 Å². The van der Waals surface area contributed by atoms with Gasteiger partial charge in [-0.15, -0.1) is 0 Å². The number of anilines is 2. The second kappa shape index (κ2) is 7.09. The van der Waals surface area contributed by atoms with Gasteiger partial charge >= 0.3 is 11.8 Å². The summed E-state index contributed by atoms with van der Waals surface area (Å²) in [6, 6.07) is 13.1. The van der Waals surface area contributed by atoms with E-state index in [4.69, 9.17) is 0 Å². The van der Waals surface area contributed by atoms with Crippen molar-refractivity contribution in [2.45, 2.75) is 33.6 Å². The van der Waals surface area contributed by atoms with Gasteiger partial charge in [0.1, 0.15) is 0 Å². The van der Waals surface area contributed by atoms with Crippen molar-refractivity contribution in [2.75, 3.05) is 10.6 Å². The van der Waals surface area contributed by atoms with Crippen molar-refractivity contribution >= 4 is 23.2 Å². The second-order valence-electron chi connectivity index (χ2n) is 6.00. The van der Waals surface area contributed by atoms with Crippen LogP contribution >= 0.6 is 0 Å². The molecule has 0 aliphatic carbocycles. The Balaban J connectivity index is 2.01. The highest BCUT2D eigenvalue weighted by Gasteiger charge is 2.15. The molecular formula is C19H22N2O2. The van der Waals surface area contributed by atoms with Gasteiger partial charge in [0.05, 0.1) is 0 Å². The molecule has 0 saturated carbocycles. The number of carbonyl (C=O) groups is 2. The average Bonchev–Trinajstić information content (AvgIpc) is 2.50. The maximum atomic E-state index is 12.0. The summed E-state index contributed by atoms with van der Waals surface area (Å²) in [4.78, 5) is 24.0. The predicted octanol–water partition coefficient (Wildman–Crippen LogP) is 4.00. The fourth-order valence-electron chi connectivity index (χ4n) is 2.27. The van der Waals surface area contributed by atoms with Crippen molar-refractivity contribution < 1.29 is 9.59 Å². The molecule has 2 N–H and O–H groups in total. The van der Waals surface area contributed by atoms with Crippen LogP contribution in [-0.4, -0.2) is 11.8 Å². The lowest BCUT2D eigenvalue weighted by Crippen LogP contribution is -2.29. The molecule has 0 bridgehead atoms. The number of amides is 2. The van der Waals surface area contributed by atoms with Crippen molar-refractivity contribution in [1.82, 2.24) is 0 Å². The quantitative estimate of drug-likeness (QED) is 0.842. The summed E-state index contributed by atoms with van der Waals surface area (Å²) in [7, 11) is 0. The number of hydrogen-bond acceptors (Lipinski definition) is 2. The highest BCUT2D eigenvalue weighted by Crippen LogP contribution is 2.18. The van der Waals surface area contributed by atoms with Gasteiger partial charge in [-0.25, -0.2) is 0 Å². The molecule has 0 saturated heterocycles. The van der Waals surface area contributed by atoms with Gasteiger partial charge in [0, 0.05) is 11.4 Å². The molecule has 4 nitrogen and oxygen atoms in total. The number of benzene rings is 2. The average molecular weight is 310 g/mol. The Bertz CT molecular complexity index is 719. The van der Waals surface area contributed by atoms with Gasteiger partial charge in [0.2, 0.25) is 0 Å². The van der Waals surface area contributed by atoms with Crippen LogP contribution in [0.3, 0.4) is 0 Å². The number of aryl methyl sites for hydroxylation is 2. The molecule has 0 radical (unpaired) electrons. The minimum atomic E-state index is -0.678. The van der Waals surface area contributed by atoms with Crippen LogP contribution in [0.4, 0.5) is 11.4 Å². The van der Waals surface area contributed by atoms with Crippen LogP contribution in [0.15, 0.2) is 42.5 Å². The van der Waals surface area contributed by atoms with E-state index in [1.54, 1.807) is 18.2 Å². The number of hydrogen-bond donors (Lipinski definition) is 2. The lowest BCUT2D eigenvalue weighted by atomic mass is 10.0. The molecule has 0 fully saturated rings. The van der Waals surface area contributed by atoms with Crippen LogP contribution < -0.4 is 10.6 Å². The zero-order chi connectivity index (χ0) is 17.0. The van der Waals surface area contributed by atoms with Crippen LogP contribution in [0.25, 0.3) is 0 Å². The Hall–Kier alpha value is -2.62. The lowest BCUT2D eigenvalue weighted by molar-refractivity contribution is -0.133.